The molecule has 1 fully saturated rings. The van der Waals surface area contributed by atoms with Gasteiger partial charge in [-0.05, 0) is 11.5 Å². The van der Waals surface area contributed by atoms with E-state index < -0.39 is 0 Å². The smallest absolute Gasteiger partial charge is 0.254 e. The fourth-order valence-corrected chi connectivity index (χ4v) is 2.85. The Hall–Kier alpha value is -0.260. The van der Waals surface area contributed by atoms with E-state index in [1.165, 1.54) is 11.5 Å². The Bertz CT molecular complexity index is 300. The number of aromatic amines is 1. The summed E-state index contributed by atoms with van der Waals surface area (Å²) in [5.74, 6) is 2.17. The normalized spacial score (nSPS) is 24.2. The van der Waals surface area contributed by atoms with Crippen LogP contribution in [0, 0.1) is 0 Å². The monoisotopic (exact) mass is 202 g/mol. The van der Waals surface area contributed by atoms with Crippen molar-refractivity contribution in [1.29, 1.82) is 0 Å². The van der Waals surface area contributed by atoms with Gasteiger partial charge in [-0.15, -0.1) is 0 Å². The molecule has 3 nitrogen and oxygen atoms in total. The summed E-state index contributed by atoms with van der Waals surface area (Å²) in [6.07, 6.45) is 1.82. The second kappa shape index (κ2) is 3.64. The molecule has 2 rings (SSSR count). The molecule has 0 spiro atoms. The molecule has 0 aliphatic carbocycles. The summed E-state index contributed by atoms with van der Waals surface area (Å²) in [4.78, 5) is 11.3. The quantitative estimate of drug-likeness (QED) is 0.708. The van der Waals surface area contributed by atoms with Crippen LogP contribution in [0.15, 0.2) is 11.0 Å². The van der Waals surface area contributed by atoms with Crippen LogP contribution < -0.4 is 10.1 Å². The first kappa shape index (κ1) is 8.34. The Kier molecular flexibility index (Phi) is 2.53. The molecule has 1 aliphatic heterocycles. The van der Waals surface area contributed by atoms with E-state index in [-0.39, 0.29) is 10.8 Å². The van der Waals surface area contributed by atoms with Crippen molar-refractivity contribution in [2.75, 3.05) is 18.1 Å². The Labute approximate surface area is 78.7 Å². The van der Waals surface area contributed by atoms with Crippen molar-refractivity contribution >= 4 is 23.3 Å². The molecule has 0 radical (unpaired) electrons. The van der Waals surface area contributed by atoms with Crippen molar-refractivity contribution in [3.8, 4) is 0 Å². The van der Waals surface area contributed by atoms with Gasteiger partial charge >= 0.3 is 0 Å². The lowest BCUT2D eigenvalue weighted by Crippen LogP contribution is -2.32. The summed E-state index contributed by atoms with van der Waals surface area (Å²) in [6.45, 7) is 1.00. The molecule has 66 valence electrons. The number of nitrogens with one attached hydrogen (secondary N) is 2. The molecule has 5 heteroatoms. The van der Waals surface area contributed by atoms with Gasteiger partial charge in [-0.2, -0.15) is 11.8 Å². The van der Waals surface area contributed by atoms with Crippen LogP contribution in [-0.2, 0) is 0 Å². The minimum absolute atomic E-state index is 0.162. The molecule has 0 aromatic carbocycles. The van der Waals surface area contributed by atoms with Gasteiger partial charge in [0.15, 0.2) is 0 Å². The fourth-order valence-electron chi connectivity index (χ4n) is 1.27. The van der Waals surface area contributed by atoms with Crippen molar-refractivity contribution in [2.24, 2.45) is 0 Å². The van der Waals surface area contributed by atoms with Crippen LogP contribution >= 0.6 is 23.3 Å². The molecular weight excluding hydrogens is 192 g/mol. The maximum absolute atomic E-state index is 11.3. The molecule has 0 bridgehead atoms. The first-order chi connectivity index (χ1) is 5.88. The first-order valence-electron chi connectivity index (χ1n) is 3.86. The SMILES string of the molecule is O=c1s[nH]cc1C1CSCCN1. The van der Waals surface area contributed by atoms with Gasteiger partial charge in [-0.3, -0.25) is 4.79 Å². The number of thioether (sulfide) groups is 1. The van der Waals surface area contributed by atoms with Crippen LogP contribution in [0.2, 0.25) is 0 Å². The molecule has 1 aromatic rings. The van der Waals surface area contributed by atoms with Gasteiger partial charge in [-0.1, -0.05) is 0 Å². The number of H-pyrrole nitrogens is 1. The molecular formula is C7H10N2OS2. The Morgan fingerprint density at radius 2 is 2.50 bits per heavy atom. The summed E-state index contributed by atoms with van der Waals surface area (Å²) in [7, 11) is 0. The van der Waals surface area contributed by atoms with Crippen LogP contribution in [0.25, 0.3) is 0 Å². The predicted molar refractivity (Wildman–Crippen MR) is 53.0 cm³/mol. The molecule has 12 heavy (non-hydrogen) atoms. The zero-order chi connectivity index (χ0) is 8.39. The molecule has 0 saturated carbocycles. The summed E-state index contributed by atoms with van der Waals surface area (Å²) >= 11 is 3.07. The average molecular weight is 202 g/mol. The minimum atomic E-state index is 0.162. The average Bonchev–Trinajstić information content (AvgIpc) is 2.53. The number of aromatic nitrogens is 1. The van der Waals surface area contributed by atoms with Gasteiger partial charge < -0.3 is 9.69 Å². The maximum Gasteiger partial charge on any atom is 0.254 e. The number of rotatable bonds is 1. The summed E-state index contributed by atoms with van der Waals surface area (Å²) < 4.78 is 3.04. The number of hydrogen-bond donors (Lipinski definition) is 2. The predicted octanol–water partition coefficient (Wildman–Crippen LogP) is 0.814. The highest BCUT2D eigenvalue weighted by atomic mass is 32.2. The van der Waals surface area contributed by atoms with Crippen LogP contribution in [0.3, 0.4) is 0 Å². The van der Waals surface area contributed by atoms with Crippen LogP contribution in [0.5, 0.6) is 0 Å². The molecule has 0 amide bonds. The molecule has 2 N–H and O–H groups in total. The zero-order valence-corrected chi connectivity index (χ0v) is 8.13. The van der Waals surface area contributed by atoms with E-state index in [1.54, 1.807) is 0 Å². The Morgan fingerprint density at radius 1 is 1.58 bits per heavy atom. The van der Waals surface area contributed by atoms with Crippen LogP contribution in [0.4, 0.5) is 0 Å². The number of hydrogen-bond acceptors (Lipinski definition) is 4. The van der Waals surface area contributed by atoms with Crippen LogP contribution in [-0.4, -0.2) is 22.4 Å². The molecule has 2 heterocycles. The second-order valence-corrected chi connectivity index (χ2v) is 4.65. The van der Waals surface area contributed by atoms with E-state index in [0.717, 1.165) is 23.6 Å². The topological polar surface area (TPSA) is 44.9 Å². The van der Waals surface area contributed by atoms with Gasteiger partial charge in [0.05, 0.1) is 0 Å². The molecule has 1 saturated heterocycles. The molecule has 1 aromatic heterocycles. The van der Waals surface area contributed by atoms with E-state index in [0.29, 0.717) is 0 Å². The first-order valence-corrected chi connectivity index (χ1v) is 5.83. The van der Waals surface area contributed by atoms with Crippen molar-refractivity contribution in [3.05, 3.63) is 21.3 Å². The highest BCUT2D eigenvalue weighted by Crippen LogP contribution is 2.19. The van der Waals surface area contributed by atoms with E-state index in [2.05, 4.69) is 9.69 Å². The zero-order valence-electron chi connectivity index (χ0n) is 6.50. The molecule has 1 unspecified atom stereocenters. The lowest BCUT2D eigenvalue weighted by Gasteiger charge is -2.21. The van der Waals surface area contributed by atoms with Gasteiger partial charge in [0.1, 0.15) is 0 Å². The van der Waals surface area contributed by atoms with E-state index in [1.807, 2.05) is 18.0 Å². The highest BCUT2D eigenvalue weighted by Gasteiger charge is 2.18. The summed E-state index contributed by atoms with van der Waals surface area (Å²) in [5.41, 5.74) is 0.896. The molecule has 1 atom stereocenters. The van der Waals surface area contributed by atoms with Gasteiger partial charge in [0, 0.05) is 35.9 Å². The lowest BCUT2D eigenvalue weighted by molar-refractivity contribution is 0.593. The second-order valence-electron chi connectivity index (χ2n) is 2.69. The summed E-state index contributed by atoms with van der Waals surface area (Å²) in [5, 5.41) is 3.33. The fraction of sp³-hybridized carbons (Fsp3) is 0.571. The van der Waals surface area contributed by atoms with Crippen molar-refractivity contribution in [1.82, 2.24) is 9.69 Å². The van der Waals surface area contributed by atoms with Crippen molar-refractivity contribution in [2.45, 2.75) is 6.04 Å². The molecule has 1 aliphatic rings. The van der Waals surface area contributed by atoms with Crippen LogP contribution in [0.1, 0.15) is 11.6 Å². The van der Waals surface area contributed by atoms with E-state index >= 15 is 0 Å². The van der Waals surface area contributed by atoms with E-state index in [9.17, 15) is 4.79 Å². The van der Waals surface area contributed by atoms with Crippen molar-refractivity contribution < 1.29 is 0 Å². The standard InChI is InChI=1S/C7H10N2OS2/c10-7-5(3-9-12-7)6-4-11-2-1-8-6/h3,6,8-9H,1-2,4H2. The third kappa shape index (κ3) is 1.57. The van der Waals surface area contributed by atoms with E-state index in [4.69, 9.17) is 0 Å². The Balaban J connectivity index is 2.18. The van der Waals surface area contributed by atoms with Crippen molar-refractivity contribution in [3.63, 3.8) is 0 Å². The third-order valence-corrected chi connectivity index (χ3v) is 3.62. The highest BCUT2D eigenvalue weighted by molar-refractivity contribution is 7.99. The lowest BCUT2D eigenvalue weighted by atomic mass is 10.2. The third-order valence-electron chi connectivity index (χ3n) is 1.90. The minimum Gasteiger partial charge on any atom is -0.315 e. The van der Waals surface area contributed by atoms with Gasteiger partial charge in [0.2, 0.25) is 0 Å². The van der Waals surface area contributed by atoms with Gasteiger partial charge in [0.25, 0.3) is 4.74 Å². The van der Waals surface area contributed by atoms with Gasteiger partial charge in [-0.25, -0.2) is 0 Å². The summed E-state index contributed by atoms with van der Waals surface area (Å²) in [6, 6.07) is 0.263. The largest absolute Gasteiger partial charge is 0.315 e. The maximum atomic E-state index is 11.3. The Morgan fingerprint density at radius 3 is 3.08 bits per heavy atom.